The van der Waals surface area contributed by atoms with Crippen LogP contribution in [0, 0.1) is 12.8 Å². The van der Waals surface area contributed by atoms with E-state index in [0.29, 0.717) is 44.8 Å². The number of benzene rings is 1. The van der Waals surface area contributed by atoms with Crippen molar-refractivity contribution in [3.05, 3.63) is 45.3 Å². The number of nitrogens with one attached hydrogen (secondary N) is 1. The van der Waals surface area contributed by atoms with Crippen molar-refractivity contribution in [2.75, 3.05) is 25.5 Å². The van der Waals surface area contributed by atoms with Gasteiger partial charge in [-0.1, -0.05) is 18.3 Å². The fourth-order valence-electron chi connectivity index (χ4n) is 4.39. The summed E-state index contributed by atoms with van der Waals surface area (Å²) in [6, 6.07) is 5.52. The van der Waals surface area contributed by atoms with Gasteiger partial charge in [0.1, 0.15) is 17.1 Å². The predicted molar refractivity (Wildman–Crippen MR) is 138 cm³/mol. The summed E-state index contributed by atoms with van der Waals surface area (Å²) in [4.78, 5) is 50.6. The molecule has 5 rings (SSSR count). The summed E-state index contributed by atoms with van der Waals surface area (Å²) >= 11 is 2.51. The molecule has 0 bridgehead atoms. The van der Waals surface area contributed by atoms with E-state index in [0.717, 1.165) is 40.1 Å². The van der Waals surface area contributed by atoms with E-state index < -0.39 is 0 Å². The number of carbonyl (C=O) groups excluding carboxylic acids is 2. The SMILES string of the molecule is COc1ccc2nc(NC(=O)c3sc4ncn(CC(=O)N5CCC[C@@H](C)C5)c(=O)c4c3C)sc2c1. The van der Waals surface area contributed by atoms with Crippen LogP contribution in [0.1, 0.15) is 35.0 Å². The molecule has 1 atom stereocenters. The third-order valence-electron chi connectivity index (χ3n) is 6.25. The second kappa shape index (κ2) is 9.38. The Morgan fingerprint density at radius 3 is 2.89 bits per heavy atom. The second-order valence-corrected chi connectivity index (χ2v) is 10.8. The lowest BCUT2D eigenvalue weighted by Gasteiger charge is -2.31. The van der Waals surface area contributed by atoms with Crippen molar-refractivity contribution in [2.24, 2.45) is 5.92 Å². The second-order valence-electron chi connectivity index (χ2n) is 8.81. The highest BCUT2D eigenvalue weighted by Gasteiger charge is 2.24. The highest BCUT2D eigenvalue weighted by Crippen LogP contribution is 2.31. The maximum Gasteiger partial charge on any atom is 0.267 e. The molecule has 1 aromatic carbocycles. The fourth-order valence-corrected chi connectivity index (χ4v) is 6.31. The van der Waals surface area contributed by atoms with Gasteiger partial charge in [-0.3, -0.25) is 24.3 Å². The quantitative estimate of drug-likeness (QED) is 0.436. The number of carbonyl (C=O) groups is 2. The molecule has 1 N–H and O–H groups in total. The molecule has 0 spiro atoms. The Balaban J connectivity index is 1.39. The molecule has 1 aliphatic heterocycles. The normalized spacial score (nSPS) is 16.1. The van der Waals surface area contributed by atoms with Crippen LogP contribution in [0.25, 0.3) is 20.4 Å². The summed E-state index contributed by atoms with van der Waals surface area (Å²) < 4.78 is 7.48. The van der Waals surface area contributed by atoms with Crippen molar-refractivity contribution in [2.45, 2.75) is 33.2 Å². The zero-order valence-corrected chi connectivity index (χ0v) is 21.3. The Bertz CT molecular complexity index is 1510. The maximum atomic E-state index is 13.2. The molecular weight excluding hydrogens is 486 g/mol. The van der Waals surface area contributed by atoms with Crippen LogP contribution in [0.3, 0.4) is 0 Å². The van der Waals surface area contributed by atoms with E-state index in [1.165, 1.54) is 22.2 Å². The lowest BCUT2D eigenvalue weighted by Crippen LogP contribution is -2.42. The average molecular weight is 512 g/mol. The molecule has 4 heterocycles. The molecule has 3 aromatic heterocycles. The summed E-state index contributed by atoms with van der Waals surface area (Å²) in [7, 11) is 1.60. The van der Waals surface area contributed by atoms with Crippen LogP contribution in [-0.4, -0.2) is 51.4 Å². The smallest absolute Gasteiger partial charge is 0.267 e. The summed E-state index contributed by atoms with van der Waals surface area (Å²) in [5.74, 6) is 0.747. The van der Waals surface area contributed by atoms with Gasteiger partial charge in [-0.25, -0.2) is 9.97 Å². The molecule has 11 heteroatoms. The average Bonchev–Trinajstić information content (AvgIpc) is 3.40. The van der Waals surface area contributed by atoms with Gasteiger partial charge in [-0.2, -0.15) is 0 Å². The van der Waals surface area contributed by atoms with Crippen molar-refractivity contribution in [3.8, 4) is 5.75 Å². The Kier molecular flexibility index (Phi) is 6.28. The number of ether oxygens (including phenoxy) is 1. The highest BCUT2D eigenvalue weighted by molar-refractivity contribution is 7.23. The molecule has 182 valence electrons. The van der Waals surface area contributed by atoms with E-state index in [1.54, 1.807) is 14.0 Å². The van der Waals surface area contributed by atoms with E-state index in [9.17, 15) is 14.4 Å². The van der Waals surface area contributed by atoms with Gasteiger partial charge in [-0.05, 0) is 49.4 Å². The van der Waals surface area contributed by atoms with Crippen LogP contribution >= 0.6 is 22.7 Å². The monoisotopic (exact) mass is 511 g/mol. The van der Waals surface area contributed by atoms with Crippen LogP contribution in [-0.2, 0) is 11.3 Å². The third-order valence-corrected chi connectivity index (χ3v) is 8.39. The first-order valence-corrected chi connectivity index (χ1v) is 13.0. The molecule has 1 fully saturated rings. The number of hydrogen-bond donors (Lipinski definition) is 1. The largest absolute Gasteiger partial charge is 0.497 e. The minimum Gasteiger partial charge on any atom is -0.497 e. The molecule has 9 nitrogen and oxygen atoms in total. The molecule has 0 saturated carbocycles. The van der Waals surface area contributed by atoms with Crippen LogP contribution in [0.4, 0.5) is 5.13 Å². The third kappa shape index (κ3) is 4.53. The first-order chi connectivity index (χ1) is 16.8. The van der Waals surface area contributed by atoms with Gasteiger partial charge in [0.15, 0.2) is 5.13 Å². The maximum absolute atomic E-state index is 13.2. The summed E-state index contributed by atoms with van der Waals surface area (Å²) in [6.07, 6.45) is 3.49. The fraction of sp³-hybridized carbons (Fsp3) is 0.375. The summed E-state index contributed by atoms with van der Waals surface area (Å²) in [6.45, 7) is 5.24. The summed E-state index contributed by atoms with van der Waals surface area (Å²) in [5.41, 5.74) is 1.00. The number of thiazole rings is 1. The van der Waals surface area contributed by atoms with E-state index >= 15 is 0 Å². The van der Waals surface area contributed by atoms with Crippen molar-refractivity contribution in [1.82, 2.24) is 19.4 Å². The number of anilines is 1. The van der Waals surface area contributed by atoms with E-state index in [2.05, 4.69) is 22.2 Å². The number of nitrogens with zero attached hydrogens (tertiary/aromatic N) is 4. The lowest BCUT2D eigenvalue weighted by molar-refractivity contribution is -0.133. The Morgan fingerprint density at radius 1 is 1.29 bits per heavy atom. The van der Waals surface area contributed by atoms with Gasteiger partial charge < -0.3 is 9.64 Å². The molecule has 1 saturated heterocycles. The molecule has 0 radical (unpaired) electrons. The van der Waals surface area contributed by atoms with Crippen molar-refractivity contribution < 1.29 is 14.3 Å². The van der Waals surface area contributed by atoms with Gasteiger partial charge in [-0.15, -0.1) is 11.3 Å². The topological polar surface area (TPSA) is 106 Å². The van der Waals surface area contributed by atoms with Gasteiger partial charge in [0.25, 0.3) is 11.5 Å². The predicted octanol–water partition coefficient (Wildman–Crippen LogP) is 3.90. The number of amides is 2. The Morgan fingerprint density at radius 2 is 2.11 bits per heavy atom. The minimum atomic E-state index is -0.346. The number of piperidine rings is 1. The van der Waals surface area contributed by atoms with E-state index in [-0.39, 0.29) is 23.9 Å². The van der Waals surface area contributed by atoms with Gasteiger partial charge in [0.2, 0.25) is 5.91 Å². The van der Waals surface area contributed by atoms with Crippen LogP contribution in [0.5, 0.6) is 5.75 Å². The summed E-state index contributed by atoms with van der Waals surface area (Å²) in [5, 5.41) is 3.67. The van der Waals surface area contributed by atoms with E-state index in [1.807, 2.05) is 23.1 Å². The number of likely N-dealkylation sites (tertiary alicyclic amines) is 1. The first-order valence-electron chi connectivity index (χ1n) is 11.4. The zero-order valence-electron chi connectivity index (χ0n) is 19.7. The molecular formula is C24H25N5O4S2. The number of aryl methyl sites for hydroxylation is 1. The number of rotatable bonds is 5. The van der Waals surface area contributed by atoms with Gasteiger partial charge in [0, 0.05) is 13.1 Å². The zero-order chi connectivity index (χ0) is 24.7. The molecule has 35 heavy (non-hydrogen) atoms. The Labute approximate surface area is 209 Å². The molecule has 0 aliphatic carbocycles. The van der Waals surface area contributed by atoms with Crippen molar-refractivity contribution in [1.29, 1.82) is 0 Å². The van der Waals surface area contributed by atoms with Crippen molar-refractivity contribution >= 4 is 60.1 Å². The Hall–Kier alpha value is -3.31. The van der Waals surface area contributed by atoms with Crippen molar-refractivity contribution in [3.63, 3.8) is 0 Å². The number of thiophene rings is 1. The number of hydrogen-bond acceptors (Lipinski definition) is 8. The minimum absolute atomic E-state index is 0.0551. The standard InChI is InChI=1S/C24H25N5O4S2/c1-13-5-4-8-28(10-13)18(30)11-29-12-25-22-19(23(29)32)14(2)20(35-22)21(31)27-24-26-16-7-6-15(33-3)9-17(16)34-24/h6-7,9,12-13H,4-5,8,10-11H2,1-3H3,(H,26,27,31)/t13-/m1/s1. The van der Waals surface area contributed by atoms with Crippen LogP contribution in [0.15, 0.2) is 29.3 Å². The van der Waals surface area contributed by atoms with Crippen LogP contribution in [0.2, 0.25) is 0 Å². The number of fused-ring (bicyclic) bond motifs is 2. The van der Waals surface area contributed by atoms with Crippen LogP contribution < -0.4 is 15.6 Å². The number of aromatic nitrogens is 3. The van der Waals surface area contributed by atoms with E-state index in [4.69, 9.17) is 4.74 Å². The van der Waals surface area contributed by atoms with Gasteiger partial charge in [0.05, 0.1) is 33.9 Å². The molecule has 1 aliphatic rings. The molecule has 4 aromatic rings. The number of methoxy groups -OCH3 is 1. The molecule has 2 amide bonds. The highest BCUT2D eigenvalue weighted by atomic mass is 32.1. The molecule has 0 unspecified atom stereocenters. The van der Waals surface area contributed by atoms with Gasteiger partial charge >= 0.3 is 0 Å². The first kappa shape index (κ1) is 23.4. The lowest BCUT2D eigenvalue weighted by atomic mass is 10.0.